The van der Waals surface area contributed by atoms with E-state index in [-0.39, 0.29) is 17.1 Å². The standard InChI is InChI=1S/C28H31N3O2/c1-2-29-28-14-19-18-5-3-4-6-20(18)30-24(19)26-27(28)11-12-31(15-16-7-8-16)22(28)13-17-9-10-21(32)25(33-26)23(17)27/h3-6,9-10,16,22,26,29-30,32H,2,7-8,11-15H2,1H3/t22-,26+,27-,28-/m1/s1. The predicted octanol–water partition coefficient (Wildman–Crippen LogP) is 4.19. The quantitative estimate of drug-likeness (QED) is 0.568. The average Bonchev–Trinajstić information content (AvgIpc) is 3.45. The lowest BCUT2D eigenvalue weighted by atomic mass is 9.47. The van der Waals surface area contributed by atoms with Gasteiger partial charge in [-0.15, -0.1) is 0 Å². The van der Waals surface area contributed by atoms with Crippen LogP contribution in [0.5, 0.6) is 11.5 Å². The summed E-state index contributed by atoms with van der Waals surface area (Å²) in [5.41, 5.74) is 6.22. The first-order valence-corrected chi connectivity index (χ1v) is 12.8. The average molecular weight is 442 g/mol. The molecule has 2 aromatic carbocycles. The molecule has 3 aromatic rings. The number of nitrogens with one attached hydrogen (secondary N) is 2. The van der Waals surface area contributed by atoms with E-state index in [1.807, 2.05) is 6.07 Å². The van der Waals surface area contributed by atoms with E-state index in [9.17, 15) is 5.11 Å². The molecule has 4 atom stereocenters. The van der Waals surface area contributed by atoms with Crippen molar-refractivity contribution in [2.45, 2.75) is 62.1 Å². The number of fused-ring (bicyclic) bond motifs is 4. The van der Waals surface area contributed by atoms with Gasteiger partial charge in [-0.25, -0.2) is 0 Å². The van der Waals surface area contributed by atoms with Gasteiger partial charge in [0.2, 0.25) is 0 Å². The molecule has 0 amide bonds. The summed E-state index contributed by atoms with van der Waals surface area (Å²) in [6, 6.07) is 13.2. The number of hydrogen-bond acceptors (Lipinski definition) is 4. The van der Waals surface area contributed by atoms with E-state index in [0.717, 1.165) is 44.0 Å². The van der Waals surface area contributed by atoms with Gasteiger partial charge in [-0.1, -0.05) is 31.2 Å². The number of hydrogen-bond donors (Lipinski definition) is 3. The fourth-order valence-electron chi connectivity index (χ4n) is 8.27. The van der Waals surface area contributed by atoms with Gasteiger partial charge in [0.15, 0.2) is 17.6 Å². The van der Waals surface area contributed by atoms with Crippen LogP contribution in [0.2, 0.25) is 0 Å². The number of aromatic nitrogens is 1. The van der Waals surface area contributed by atoms with Crippen LogP contribution in [0.3, 0.4) is 0 Å². The van der Waals surface area contributed by atoms with E-state index in [2.05, 4.69) is 52.5 Å². The molecule has 2 bridgehead atoms. The second-order valence-corrected chi connectivity index (χ2v) is 11.1. The van der Waals surface area contributed by atoms with Crippen LogP contribution in [-0.2, 0) is 18.3 Å². The highest BCUT2D eigenvalue weighted by Gasteiger charge is 2.72. The van der Waals surface area contributed by atoms with Crippen molar-refractivity contribution < 1.29 is 9.84 Å². The molecule has 33 heavy (non-hydrogen) atoms. The predicted molar refractivity (Wildman–Crippen MR) is 128 cm³/mol. The summed E-state index contributed by atoms with van der Waals surface area (Å²) >= 11 is 0. The number of piperidine rings is 1. The number of ether oxygens (including phenoxy) is 1. The van der Waals surface area contributed by atoms with E-state index in [0.29, 0.717) is 11.8 Å². The molecule has 170 valence electrons. The maximum absolute atomic E-state index is 10.9. The number of likely N-dealkylation sites (tertiary alicyclic amines) is 1. The first-order chi connectivity index (χ1) is 16.2. The molecule has 2 aliphatic heterocycles. The van der Waals surface area contributed by atoms with Crippen molar-refractivity contribution in [2.24, 2.45) is 5.92 Å². The van der Waals surface area contributed by atoms with E-state index in [4.69, 9.17) is 4.74 Å². The molecule has 5 aliphatic rings. The Balaban J connectivity index is 1.44. The maximum Gasteiger partial charge on any atom is 0.166 e. The Morgan fingerprint density at radius 1 is 1.21 bits per heavy atom. The maximum atomic E-state index is 10.9. The van der Waals surface area contributed by atoms with Crippen LogP contribution in [0.15, 0.2) is 36.4 Å². The summed E-state index contributed by atoms with van der Waals surface area (Å²) in [6.07, 6.45) is 5.76. The third-order valence-corrected chi connectivity index (χ3v) is 9.61. The fraction of sp³-hybridized carbons (Fsp3) is 0.500. The zero-order valence-corrected chi connectivity index (χ0v) is 19.2. The second kappa shape index (κ2) is 6.13. The fourth-order valence-corrected chi connectivity index (χ4v) is 8.27. The smallest absolute Gasteiger partial charge is 0.166 e. The van der Waals surface area contributed by atoms with Gasteiger partial charge in [0.25, 0.3) is 0 Å². The summed E-state index contributed by atoms with van der Waals surface area (Å²) in [5, 5.41) is 16.4. The minimum absolute atomic E-state index is 0.0966. The van der Waals surface area contributed by atoms with Crippen molar-refractivity contribution in [3.05, 3.63) is 58.8 Å². The molecule has 3 heterocycles. The lowest BCUT2D eigenvalue weighted by Crippen LogP contribution is -2.79. The van der Waals surface area contributed by atoms with E-state index in [1.165, 1.54) is 52.7 Å². The normalized spacial score (nSPS) is 33.6. The van der Waals surface area contributed by atoms with Crippen molar-refractivity contribution in [2.75, 3.05) is 19.6 Å². The molecule has 1 spiro atoms. The number of phenolic OH excluding ortho intramolecular Hbond substituents is 1. The van der Waals surface area contributed by atoms with Gasteiger partial charge >= 0.3 is 0 Å². The molecular formula is C28H31N3O2. The largest absolute Gasteiger partial charge is 0.504 e. The number of para-hydroxylation sites is 1. The highest BCUT2D eigenvalue weighted by Crippen LogP contribution is 2.69. The lowest BCUT2D eigenvalue weighted by molar-refractivity contribution is -0.0743. The summed E-state index contributed by atoms with van der Waals surface area (Å²) in [4.78, 5) is 6.58. The van der Waals surface area contributed by atoms with E-state index < -0.39 is 0 Å². The monoisotopic (exact) mass is 441 g/mol. The van der Waals surface area contributed by atoms with Gasteiger partial charge < -0.3 is 20.1 Å². The molecular weight excluding hydrogens is 410 g/mol. The van der Waals surface area contributed by atoms with Crippen molar-refractivity contribution in [3.8, 4) is 11.5 Å². The Kier molecular flexibility index (Phi) is 3.51. The molecule has 1 aromatic heterocycles. The van der Waals surface area contributed by atoms with Crippen LogP contribution in [0, 0.1) is 5.92 Å². The van der Waals surface area contributed by atoms with Crippen molar-refractivity contribution >= 4 is 10.9 Å². The van der Waals surface area contributed by atoms with Crippen LogP contribution in [0.4, 0.5) is 0 Å². The van der Waals surface area contributed by atoms with Crippen LogP contribution < -0.4 is 10.1 Å². The first kappa shape index (κ1) is 18.9. The molecule has 0 unspecified atom stereocenters. The highest BCUT2D eigenvalue weighted by molar-refractivity contribution is 5.86. The Morgan fingerprint density at radius 3 is 2.94 bits per heavy atom. The molecule has 1 saturated carbocycles. The molecule has 1 saturated heterocycles. The van der Waals surface area contributed by atoms with Crippen molar-refractivity contribution in [3.63, 3.8) is 0 Å². The zero-order valence-electron chi connectivity index (χ0n) is 19.2. The molecule has 3 N–H and O–H groups in total. The lowest BCUT2D eigenvalue weighted by Gasteiger charge is -2.65. The number of nitrogens with zero attached hydrogens (tertiary/aromatic N) is 1. The molecule has 3 aliphatic carbocycles. The van der Waals surface area contributed by atoms with Gasteiger partial charge in [0.1, 0.15) is 0 Å². The van der Waals surface area contributed by atoms with Gasteiger partial charge in [0.05, 0.1) is 16.6 Å². The molecule has 0 radical (unpaired) electrons. The van der Waals surface area contributed by atoms with Gasteiger partial charge in [-0.05, 0) is 74.4 Å². The molecule has 2 fully saturated rings. The first-order valence-electron chi connectivity index (χ1n) is 12.8. The zero-order chi connectivity index (χ0) is 21.9. The van der Waals surface area contributed by atoms with Gasteiger partial charge in [0, 0.05) is 29.1 Å². The number of aromatic hydroxyl groups is 1. The minimum atomic E-state index is -0.163. The molecule has 5 heteroatoms. The van der Waals surface area contributed by atoms with Gasteiger partial charge in [-0.2, -0.15) is 0 Å². The Bertz CT molecular complexity index is 1310. The SMILES string of the molecule is CCN[C@@]12Cc3c([nH]c4ccccc34)[C@@H]3Oc4c(O)ccc5c4[C@]31CCN(CC1CC1)[C@@H]2C5. The van der Waals surface area contributed by atoms with E-state index >= 15 is 0 Å². The number of aromatic amines is 1. The van der Waals surface area contributed by atoms with Crippen LogP contribution in [0.1, 0.15) is 54.7 Å². The van der Waals surface area contributed by atoms with Gasteiger partial charge in [-0.3, -0.25) is 4.90 Å². The Labute approximate surface area is 194 Å². The minimum Gasteiger partial charge on any atom is -0.504 e. The molecule has 8 rings (SSSR count). The van der Waals surface area contributed by atoms with E-state index in [1.54, 1.807) is 0 Å². The second-order valence-electron chi connectivity index (χ2n) is 11.1. The topological polar surface area (TPSA) is 60.5 Å². The number of rotatable bonds is 4. The number of phenols is 1. The summed E-state index contributed by atoms with van der Waals surface area (Å²) in [5.74, 6) is 1.90. The van der Waals surface area contributed by atoms with Crippen LogP contribution in [-0.4, -0.2) is 46.2 Å². The number of H-pyrrole nitrogens is 1. The summed E-state index contributed by atoms with van der Waals surface area (Å²) in [6.45, 7) is 5.52. The van der Waals surface area contributed by atoms with Crippen LogP contribution in [0.25, 0.3) is 10.9 Å². The molecule has 5 nitrogen and oxygen atoms in total. The van der Waals surface area contributed by atoms with Crippen LogP contribution >= 0.6 is 0 Å². The van der Waals surface area contributed by atoms with Crippen molar-refractivity contribution in [1.82, 2.24) is 15.2 Å². The third-order valence-electron chi connectivity index (χ3n) is 9.61. The number of likely N-dealkylation sites (N-methyl/N-ethyl adjacent to an activating group) is 1. The Hall–Kier alpha value is -2.50. The highest BCUT2D eigenvalue weighted by atomic mass is 16.5. The summed E-state index contributed by atoms with van der Waals surface area (Å²) in [7, 11) is 0. The number of benzene rings is 2. The summed E-state index contributed by atoms with van der Waals surface area (Å²) < 4.78 is 6.83. The Morgan fingerprint density at radius 2 is 2.09 bits per heavy atom. The third kappa shape index (κ3) is 2.12. The van der Waals surface area contributed by atoms with Crippen molar-refractivity contribution in [1.29, 1.82) is 0 Å².